The molecule has 0 unspecified atom stereocenters. The van der Waals surface area contributed by atoms with Crippen LogP contribution in [-0.4, -0.2) is 13.0 Å². The molecule has 1 aliphatic rings. The number of amides is 1. The van der Waals surface area contributed by atoms with Crippen molar-refractivity contribution in [1.29, 1.82) is 5.26 Å². The lowest BCUT2D eigenvalue weighted by Crippen LogP contribution is -2.45. The Bertz CT molecular complexity index is 513. The van der Waals surface area contributed by atoms with Crippen LogP contribution in [0.1, 0.15) is 25.3 Å². The van der Waals surface area contributed by atoms with Crippen molar-refractivity contribution < 1.29 is 9.53 Å². The molecule has 1 saturated carbocycles. The molecule has 4 nitrogen and oxygen atoms in total. The molecule has 1 aromatic rings. The van der Waals surface area contributed by atoms with E-state index in [-0.39, 0.29) is 5.91 Å². The fourth-order valence-electron chi connectivity index (χ4n) is 2.61. The van der Waals surface area contributed by atoms with Crippen LogP contribution in [0.25, 0.3) is 0 Å². The summed E-state index contributed by atoms with van der Waals surface area (Å²) >= 11 is 0. The average molecular weight is 258 g/mol. The number of carbonyl (C=O) groups excluding carboxylic acids is 1. The van der Waals surface area contributed by atoms with Gasteiger partial charge in [-0.05, 0) is 36.5 Å². The Balaban J connectivity index is 2.07. The summed E-state index contributed by atoms with van der Waals surface area (Å²) < 4.78 is 5.06. The minimum atomic E-state index is -0.837. The highest BCUT2D eigenvalue weighted by molar-refractivity contribution is 5.98. The van der Waals surface area contributed by atoms with Gasteiger partial charge in [-0.1, -0.05) is 19.1 Å². The minimum Gasteiger partial charge on any atom is -0.380 e. The molecule has 0 bridgehead atoms. The molecular formula is C15H18N2O2. The first-order valence-electron chi connectivity index (χ1n) is 6.40. The van der Waals surface area contributed by atoms with Crippen LogP contribution in [0.15, 0.2) is 24.3 Å². The van der Waals surface area contributed by atoms with Gasteiger partial charge in [-0.15, -0.1) is 0 Å². The summed E-state index contributed by atoms with van der Waals surface area (Å²) in [6.07, 6.45) is 1.29. The summed E-state index contributed by atoms with van der Waals surface area (Å²) in [5.41, 5.74) is 0.874. The van der Waals surface area contributed by atoms with Gasteiger partial charge in [0.05, 0.1) is 12.7 Å². The second-order valence-corrected chi connectivity index (χ2v) is 5.29. The molecule has 1 amide bonds. The Morgan fingerprint density at radius 2 is 2.32 bits per heavy atom. The zero-order chi connectivity index (χ0) is 13.9. The topological polar surface area (TPSA) is 62.1 Å². The molecule has 0 aliphatic heterocycles. The molecule has 0 aromatic heterocycles. The van der Waals surface area contributed by atoms with Crippen molar-refractivity contribution in [1.82, 2.24) is 0 Å². The van der Waals surface area contributed by atoms with E-state index in [0.717, 1.165) is 5.56 Å². The summed E-state index contributed by atoms with van der Waals surface area (Å²) in [6.45, 7) is 2.56. The van der Waals surface area contributed by atoms with Crippen molar-refractivity contribution in [3.8, 4) is 6.07 Å². The summed E-state index contributed by atoms with van der Waals surface area (Å²) in [4.78, 5) is 12.2. The van der Waals surface area contributed by atoms with Crippen LogP contribution in [0, 0.1) is 22.7 Å². The van der Waals surface area contributed by atoms with E-state index in [4.69, 9.17) is 4.74 Å². The van der Waals surface area contributed by atoms with Crippen molar-refractivity contribution >= 4 is 11.6 Å². The van der Waals surface area contributed by atoms with Crippen molar-refractivity contribution in [2.24, 2.45) is 11.3 Å². The molecule has 0 atom stereocenters. The molecular weight excluding hydrogens is 240 g/mol. The number of nitrogens with one attached hydrogen (secondary N) is 1. The summed E-state index contributed by atoms with van der Waals surface area (Å²) in [7, 11) is 1.63. The largest absolute Gasteiger partial charge is 0.380 e. The third-order valence-electron chi connectivity index (χ3n) is 3.54. The lowest BCUT2D eigenvalue weighted by molar-refractivity contribution is -0.128. The third kappa shape index (κ3) is 2.77. The van der Waals surface area contributed by atoms with E-state index < -0.39 is 5.41 Å². The Hall–Kier alpha value is -1.86. The standard InChI is InChI=1S/C15H18N2O2/c1-11-7-15(8-11,10-16)14(18)17-13-5-3-4-12(6-13)9-19-2/h3-6,11H,7-9H2,1-2H3,(H,17,18). The van der Waals surface area contributed by atoms with Crippen LogP contribution in [0.4, 0.5) is 5.69 Å². The van der Waals surface area contributed by atoms with Gasteiger partial charge in [-0.3, -0.25) is 4.79 Å². The number of nitriles is 1. The molecule has 1 aromatic carbocycles. The van der Waals surface area contributed by atoms with E-state index in [1.165, 1.54) is 0 Å². The van der Waals surface area contributed by atoms with Crippen LogP contribution in [0.5, 0.6) is 0 Å². The molecule has 1 aliphatic carbocycles. The van der Waals surface area contributed by atoms with E-state index in [9.17, 15) is 10.1 Å². The summed E-state index contributed by atoms with van der Waals surface area (Å²) in [5, 5.41) is 12.0. The molecule has 100 valence electrons. The number of carbonyl (C=O) groups is 1. The van der Waals surface area contributed by atoms with Gasteiger partial charge in [0.2, 0.25) is 5.91 Å². The zero-order valence-electron chi connectivity index (χ0n) is 11.3. The van der Waals surface area contributed by atoms with E-state index in [1.54, 1.807) is 7.11 Å². The van der Waals surface area contributed by atoms with Gasteiger partial charge in [0, 0.05) is 12.8 Å². The van der Waals surface area contributed by atoms with Crippen LogP contribution in [0.3, 0.4) is 0 Å². The number of hydrogen-bond donors (Lipinski definition) is 1. The number of nitrogens with zero attached hydrogens (tertiary/aromatic N) is 1. The van der Waals surface area contributed by atoms with E-state index in [0.29, 0.717) is 31.1 Å². The number of hydrogen-bond acceptors (Lipinski definition) is 3. The Labute approximate surface area is 113 Å². The summed E-state index contributed by atoms with van der Waals surface area (Å²) in [5.74, 6) is 0.257. The van der Waals surface area contributed by atoms with Crippen molar-refractivity contribution in [2.45, 2.75) is 26.4 Å². The highest BCUT2D eigenvalue weighted by atomic mass is 16.5. The first-order chi connectivity index (χ1) is 9.09. The predicted molar refractivity (Wildman–Crippen MR) is 72.2 cm³/mol. The molecule has 19 heavy (non-hydrogen) atoms. The van der Waals surface area contributed by atoms with Crippen molar-refractivity contribution in [3.05, 3.63) is 29.8 Å². The number of ether oxygens (including phenoxy) is 1. The highest BCUT2D eigenvalue weighted by Gasteiger charge is 2.48. The SMILES string of the molecule is COCc1cccc(NC(=O)C2(C#N)CC(C)C2)c1. The van der Waals surface area contributed by atoms with Gasteiger partial charge in [0.25, 0.3) is 0 Å². The second-order valence-electron chi connectivity index (χ2n) is 5.29. The van der Waals surface area contributed by atoms with Crippen molar-refractivity contribution in [3.63, 3.8) is 0 Å². The third-order valence-corrected chi connectivity index (χ3v) is 3.54. The van der Waals surface area contributed by atoms with Gasteiger partial charge in [-0.25, -0.2) is 0 Å². The Morgan fingerprint density at radius 3 is 2.89 bits per heavy atom. The van der Waals surface area contributed by atoms with Crippen LogP contribution in [0.2, 0.25) is 0 Å². The van der Waals surface area contributed by atoms with E-state index >= 15 is 0 Å². The van der Waals surface area contributed by atoms with Gasteiger partial charge >= 0.3 is 0 Å². The quantitative estimate of drug-likeness (QED) is 0.903. The van der Waals surface area contributed by atoms with Crippen LogP contribution >= 0.6 is 0 Å². The number of anilines is 1. The molecule has 1 N–H and O–H groups in total. The smallest absolute Gasteiger partial charge is 0.244 e. The number of rotatable bonds is 4. The van der Waals surface area contributed by atoms with Gasteiger partial charge in [-0.2, -0.15) is 5.26 Å². The Morgan fingerprint density at radius 1 is 1.58 bits per heavy atom. The van der Waals surface area contributed by atoms with E-state index in [1.807, 2.05) is 24.3 Å². The summed E-state index contributed by atoms with van der Waals surface area (Å²) in [6, 6.07) is 9.66. The average Bonchev–Trinajstić information content (AvgIpc) is 2.35. The van der Waals surface area contributed by atoms with Crippen molar-refractivity contribution in [2.75, 3.05) is 12.4 Å². The van der Waals surface area contributed by atoms with Gasteiger partial charge in [0.15, 0.2) is 0 Å². The molecule has 0 spiro atoms. The lowest BCUT2D eigenvalue weighted by Gasteiger charge is -2.39. The first kappa shape index (κ1) is 13.6. The maximum Gasteiger partial charge on any atom is 0.244 e. The fraction of sp³-hybridized carbons (Fsp3) is 0.467. The zero-order valence-corrected chi connectivity index (χ0v) is 11.3. The molecule has 0 saturated heterocycles. The lowest BCUT2D eigenvalue weighted by atomic mass is 9.63. The van der Waals surface area contributed by atoms with Gasteiger partial charge in [0.1, 0.15) is 5.41 Å². The number of benzene rings is 1. The number of methoxy groups -OCH3 is 1. The molecule has 0 radical (unpaired) electrons. The minimum absolute atomic E-state index is 0.192. The highest BCUT2D eigenvalue weighted by Crippen LogP contribution is 2.45. The van der Waals surface area contributed by atoms with E-state index in [2.05, 4.69) is 18.3 Å². The predicted octanol–water partition coefficient (Wildman–Crippen LogP) is 2.71. The van der Waals surface area contributed by atoms with Crippen LogP contribution in [-0.2, 0) is 16.1 Å². The molecule has 1 fully saturated rings. The van der Waals surface area contributed by atoms with Crippen LogP contribution < -0.4 is 5.32 Å². The normalized spacial score (nSPS) is 25.2. The Kier molecular flexibility index (Phi) is 3.87. The monoisotopic (exact) mass is 258 g/mol. The fourth-order valence-corrected chi connectivity index (χ4v) is 2.61. The molecule has 0 heterocycles. The maximum atomic E-state index is 12.2. The maximum absolute atomic E-state index is 12.2. The second kappa shape index (κ2) is 5.41. The first-order valence-corrected chi connectivity index (χ1v) is 6.40. The van der Waals surface area contributed by atoms with Gasteiger partial charge < -0.3 is 10.1 Å². The molecule has 4 heteroatoms. The molecule has 2 rings (SSSR count).